The Kier molecular flexibility index (Phi) is 5.17. The van der Waals surface area contributed by atoms with Crippen molar-refractivity contribution >= 4 is 5.97 Å². The zero-order valence-electron chi connectivity index (χ0n) is 12.3. The fourth-order valence-corrected chi connectivity index (χ4v) is 2.40. The van der Waals surface area contributed by atoms with E-state index in [4.69, 9.17) is 9.47 Å². The molecule has 1 N–H and O–H groups in total. The highest BCUT2D eigenvalue weighted by atomic mass is 16.5. The van der Waals surface area contributed by atoms with Crippen LogP contribution >= 0.6 is 0 Å². The average Bonchev–Trinajstić information content (AvgIpc) is 2.36. The quantitative estimate of drug-likeness (QED) is 0.765. The zero-order chi connectivity index (χ0) is 13.8. The van der Waals surface area contributed by atoms with Gasteiger partial charge in [-0.05, 0) is 38.0 Å². The van der Waals surface area contributed by atoms with E-state index in [2.05, 4.69) is 19.2 Å². The first-order valence-electron chi connectivity index (χ1n) is 6.71. The van der Waals surface area contributed by atoms with Gasteiger partial charge in [-0.3, -0.25) is 4.79 Å². The van der Waals surface area contributed by atoms with E-state index >= 15 is 0 Å². The monoisotopic (exact) mass is 257 g/mol. The van der Waals surface area contributed by atoms with Crippen LogP contribution in [0, 0.1) is 11.3 Å². The minimum absolute atomic E-state index is 0.162. The molecule has 0 aliphatic carbocycles. The largest absolute Gasteiger partial charge is 0.468 e. The predicted octanol–water partition coefficient (Wildman–Crippen LogP) is 1.98. The van der Waals surface area contributed by atoms with Crippen LogP contribution in [0.5, 0.6) is 0 Å². The summed E-state index contributed by atoms with van der Waals surface area (Å²) in [6.45, 7) is 10.7. The van der Waals surface area contributed by atoms with Crippen LogP contribution in [0.4, 0.5) is 0 Å². The van der Waals surface area contributed by atoms with Crippen LogP contribution in [0.25, 0.3) is 0 Å². The van der Waals surface area contributed by atoms with Gasteiger partial charge in [0.15, 0.2) is 0 Å². The normalized spacial score (nSPS) is 18.7. The lowest BCUT2D eigenvalue weighted by molar-refractivity contribution is -0.147. The molecule has 0 aromatic rings. The summed E-state index contributed by atoms with van der Waals surface area (Å²) in [6.07, 6.45) is 2.21. The van der Waals surface area contributed by atoms with Gasteiger partial charge in [-0.15, -0.1) is 0 Å². The second-order valence-electron chi connectivity index (χ2n) is 6.35. The Bertz CT molecular complexity index is 281. The molecule has 0 aromatic carbocycles. The number of hydrogen-bond donors (Lipinski definition) is 1. The molecule has 0 aromatic heterocycles. The third-order valence-corrected chi connectivity index (χ3v) is 4.01. The minimum atomic E-state index is -0.628. The third kappa shape index (κ3) is 3.95. The van der Waals surface area contributed by atoms with Gasteiger partial charge in [-0.1, -0.05) is 13.8 Å². The number of methoxy groups -OCH3 is 1. The molecule has 1 fully saturated rings. The summed E-state index contributed by atoms with van der Waals surface area (Å²) in [6, 6.07) is 0. The molecule has 1 aliphatic rings. The molecule has 0 unspecified atom stereocenters. The molecule has 1 aliphatic heterocycles. The molecular weight excluding hydrogens is 230 g/mol. The van der Waals surface area contributed by atoms with Crippen LogP contribution in [0.15, 0.2) is 0 Å². The lowest BCUT2D eigenvalue weighted by Crippen LogP contribution is -2.52. The maximum Gasteiger partial charge on any atom is 0.325 e. The Morgan fingerprint density at radius 3 is 2.33 bits per heavy atom. The Balaban J connectivity index is 2.52. The molecule has 0 radical (unpaired) electrons. The van der Waals surface area contributed by atoms with Crippen LogP contribution in [0.1, 0.15) is 40.5 Å². The van der Waals surface area contributed by atoms with Crippen molar-refractivity contribution in [3.63, 3.8) is 0 Å². The standard InChI is InChI=1S/C14H27NO3/c1-13(2,11-6-8-18-9-7-11)10-15-14(3,4)12(16)17-5/h11,15H,6-10H2,1-5H3. The highest BCUT2D eigenvalue weighted by molar-refractivity contribution is 5.79. The van der Waals surface area contributed by atoms with Gasteiger partial charge in [0.2, 0.25) is 0 Å². The molecule has 1 saturated heterocycles. The van der Waals surface area contributed by atoms with Gasteiger partial charge < -0.3 is 14.8 Å². The number of carbonyl (C=O) groups is 1. The van der Waals surface area contributed by atoms with Crippen molar-refractivity contribution in [2.45, 2.75) is 46.1 Å². The summed E-state index contributed by atoms with van der Waals surface area (Å²) < 4.78 is 10.2. The predicted molar refractivity (Wildman–Crippen MR) is 71.4 cm³/mol. The van der Waals surface area contributed by atoms with Crippen LogP contribution in [0.3, 0.4) is 0 Å². The van der Waals surface area contributed by atoms with Crippen molar-refractivity contribution in [2.24, 2.45) is 11.3 Å². The number of carbonyl (C=O) groups excluding carboxylic acids is 1. The maximum absolute atomic E-state index is 11.6. The Labute approximate surface area is 110 Å². The van der Waals surface area contributed by atoms with Crippen molar-refractivity contribution in [3.05, 3.63) is 0 Å². The molecule has 1 rings (SSSR count). The number of ether oxygens (including phenoxy) is 2. The van der Waals surface area contributed by atoms with Crippen molar-refractivity contribution < 1.29 is 14.3 Å². The van der Waals surface area contributed by atoms with Crippen LogP contribution < -0.4 is 5.32 Å². The summed E-state index contributed by atoms with van der Waals surface area (Å²) in [4.78, 5) is 11.6. The molecule has 0 saturated carbocycles. The molecule has 4 heteroatoms. The molecule has 0 atom stereocenters. The van der Waals surface area contributed by atoms with E-state index < -0.39 is 5.54 Å². The van der Waals surface area contributed by atoms with Crippen molar-refractivity contribution in [2.75, 3.05) is 26.9 Å². The van der Waals surface area contributed by atoms with Crippen LogP contribution in [-0.2, 0) is 14.3 Å². The first-order valence-corrected chi connectivity index (χ1v) is 6.71. The molecule has 4 nitrogen and oxygen atoms in total. The molecule has 0 amide bonds. The summed E-state index contributed by atoms with van der Waals surface area (Å²) in [7, 11) is 1.43. The molecule has 106 valence electrons. The van der Waals surface area contributed by atoms with Gasteiger partial charge in [0.05, 0.1) is 7.11 Å². The van der Waals surface area contributed by atoms with Crippen molar-refractivity contribution in [1.82, 2.24) is 5.32 Å². The summed E-state index contributed by atoms with van der Waals surface area (Å²) >= 11 is 0. The molecular formula is C14H27NO3. The van der Waals surface area contributed by atoms with Crippen LogP contribution in [0.2, 0.25) is 0 Å². The van der Waals surface area contributed by atoms with E-state index in [1.54, 1.807) is 0 Å². The molecule has 0 bridgehead atoms. The first kappa shape index (κ1) is 15.4. The van der Waals surface area contributed by atoms with Gasteiger partial charge in [0, 0.05) is 19.8 Å². The number of hydrogen-bond acceptors (Lipinski definition) is 4. The van der Waals surface area contributed by atoms with Gasteiger partial charge >= 0.3 is 5.97 Å². The highest BCUT2D eigenvalue weighted by Gasteiger charge is 2.35. The average molecular weight is 257 g/mol. The smallest absolute Gasteiger partial charge is 0.325 e. The van der Waals surface area contributed by atoms with E-state index in [0.29, 0.717) is 5.92 Å². The molecule has 0 spiro atoms. The van der Waals surface area contributed by atoms with Crippen LogP contribution in [-0.4, -0.2) is 38.4 Å². The Morgan fingerprint density at radius 1 is 1.28 bits per heavy atom. The molecule has 1 heterocycles. The lowest BCUT2D eigenvalue weighted by atomic mass is 9.74. The third-order valence-electron chi connectivity index (χ3n) is 4.01. The summed E-state index contributed by atoms with van der Waals surface area (Å²) in [5, 5.41) is 3.33. The number of esters is 1. The van der Waals surface area contributed by atoms with E-state index in [9.17, 15) is 4.79 Å². The Hall–Kier alpha value is -0.610. The number of rotatable bonds is 5. The molecule has 18 heavy (non-hydrogen) atoms. The van der Waals surface area contributed by atoms with E-state index in [-0.39, 0.29) is 11.4 Å². The van der Waals surface area contributed by atoms with Gasteiger partial charge in [0.1, 0.15) is 5.54 Å². The summed E-state index contributed by atoms with van der Waals surface area (Å²) in [5.41, 5.74) is -0.466. The van der Waals surface area contributed by atoms with E-state index in [0.717, 1.165) is 32.6 Å². The summed E-state index contributed by atoms with van der Waals surface area (Å²) in [5.74, 6) is 0.428. The first-order chi connectivity index (χ1) is 8.29. The van der Waals surface area contributed by atoms with Gasteiger partial charge in [0.25, 0.3) is 0 Å². The Morgan fingerprint density at radius 2 is 1.83 bits per heavy atom. The second-order valence-corrected chi connectivity index (χ2v) is 6.35. The fraction of sp³-hybridized carbons (Fsp3) is 0.929. The fourth-order valence-electron chi connectivity index (χ4n) is 2.40. The zero-order valence-corrected chi connectivity index (χ0v) is 12.3. The van der Waals surface area contributed by atoms with Gasteiger partial charge in [-0.2, -0.15) is 0 Å². The minimum Gasteiger partial charge on any atom is -0.468 e. The maximum atomic E-state index is 11.6. The topological polar surface area (TPSA) is 47.6 Å². The van der Waals surface area contributed by atoms with E-state index in [1.165, 1.54) is 7.11 Å². The van der Waals surface area contributed by atoms with Crippen molar-refractivity contribution in [1.29, 1.82) is 0 Å². The SMILES string of the molecule is COC(=O)C(C)(C)NCC(C)(C)C1CCOCC1. The van der Waals surface area contributed by atoms with Crippen molar-refractivity contribution in [3.8, 4) is 0 Å². The van der Waals surface area contributed by atoms with Gasteiger partial charge in [-0.25, -0.2) is 0 Å². The second kappa shape index (κ2) is 6.02. The highest BCUT2D eigenvalue weighted by Crippen LogP contribution is 2.34. The van der Waals surface area contributed by atoms with E-state index in [1.807, 2.05) is 13.8 Å². The number of nitrogens with one attached hydrogen (secondary N) is 1. The lowest BCUT2D eigenvalue weighted by Gasteiger charge is -2.39.